The molecule has 0 aliphatic heterocycles. The van der Waals surface area contributed by atoms with Crippen LogP contribution < -0.4 is 10.1 Å². The van der Waals surface area contributed by atoms with Gasteiger partial charge in [-0.1, -0.05) is 18.2 Å². The first-order chi connectivity index (χ1) is 8.72. The molecular weight excluding hydrogens is 226 g/mol. The van der Waals surface area contributed by atoms with Crippen LogP contribution in [0.15, 0.2) is 30.4 Å². The maximum atomic E-state index is 12.2. The predicted octanol–water partition coefficient (Wildman–Crippen LogP) is 2.84. The molecule has 0 radical (unpaired) electrons. The molecule has 0 spiro atoms. The fourth-order valence-corrected chi connectivity index (χ4v) is 2.26. The van der Waals surface area contributed by atoms with Crippen LogP contribution in [0.5, 0.6) is 5.75 Å². The minimum Gasteiger partial charge on any atom is -0.496 e. The van der Waals surface area contributed by atoms with E-state index < -0.39 is 0 Å². The number of hydrogen-bond acceptors (Lipinski definition) is 2. The van der Waals surface area contributed by atoms with Gasteiger partial charge < -0.3 is 10.1 Å². The molecule has 96 valence electrons. The van der Waals surface area contributed by atoms with E-state index in [4.69, 9.17) is 4.74 Å². The molecule has 1 amide bonds. The average Bonchev–Trinajstić information content (AvgIpc) is 2.40. The summed E-state index contributed by atoms with van der Waals surface area (Å²) in [6, 6.07) is 5.71. The molecule has 1 atom stereocenters. The Balaban J connectivity index is 2.13. The van der Waals surface area contributed by atoms with Crippen LogP contribution in [0.3, 0.4) is 0 Å². The Hall–Kier alpha value is -1.77. The van der Waals surface area contributed by atoms with Crippen molar-refractivity contribution in [2.24, 2.45) is 0 Å². The highest BCUT2D eigenvalue weighted by molar-refractivity contribution is 5.96. The lowest BCUT2D eigenvalue weighted by Gasteiger charge is -2.19. The first-order valence-electron chi connectivity index (χ1n) is 6.33. The standard InChI is InChI=1S/C15H19NO2/c1-11-13(9-6-10-14(11)18-2)15(17)16-12-7-4-3-5-8-12/h4,6-7,9-10,12H,3,5,8H2,1-2H3,(H,16,17). The van der Waals surface area contributed by atoms with E-state index in [1.807, 2.05) is 25.1 Å². The van der Waals surface area contributed by atoms with Crippen LogP contribution in [0.2, 0.25) is 0 Å². The minimum atomic E-state index is -0.0250. The molecule has 1 unspecified atom stereocenters. The molecule has 18 heavy (non-hydrogen) atoms. The molecule has 1 aliphatic rings. The number of ether oxygens (including phenoxy) is 1. The van der Waals surface area contributed by atoms with Gasteiger partial charge in [0.1, 0.15) is 5.75 Å². The Morgan fingerprint density at radius 3 is 2.94 bits per heavy atom. The molecule has 0 bridgehead atoms. The zero-order chi connectivity index (χ0) is 13.0. The second-order valence-electron chi connectivity index (χ2n) is 4.57. The number of rotatable bonds is 3. The Labute approximate surface area is 108 Å². The third kappa shape index (κ3) is 2.73. The van der Waals surface area contributed by atoms with Gasteiger partial charge in [-0.3, -0.25) is 4.79 Å². The van der Waals surface area contributed by atoms with Gasteiger partial charge in [-0.2, -0.15) is 0 Å². The maximum Gasteiger partial charge on any atom is 0.252 e. The van der Waals surface area contributed by atoms with E-state index in [2.05, 4.69) is 17.5 Å². The molecule has 0 heterocycles. The van der Waals surface area contributed by atoms with Crippen LogP contribution in [-0.4, -0.2) is 19.1 Å². The minimum absolute atomic E-state index is 0.0250. The van der Waals surface area contributed by atoms with Crippen LogP contribution in [0.1, 0.15) is 35.2 Å². The third-order valence-corrected chi connectivity index (χ3v) is 3.32. The molecule has 0 saturated carbocycles. The van der Waals surface area contributed by atoms with Crippen molar-refractivity contribution in [3.05, 3.63) is 41.5 Å². The molecule has 1 aromatic carbocycles. The quantitative estimate of drug-likeness (QED) is 0.832. The number of amides is 1. The summed E-state index contributed by atoms with van der Waals surface area (Å²) in [5.41, 5.74) is 1.57. The van der Waals surface area contributed by atoms with Gasteiger partial charge in [0, 0.05) is 17.2 Å². The molecule has 3 nitrogen and oxygen atoms in total. The second kappa shape index (κ2) is 5.71. The van der Waals surface area contributed by atoms with Crippen LogP contribution in [-0.2, 0) is 0 Å². The Bertz CT molecular complexity index is 466. The van der Waals surface area contributed by atoms with Crippen molar-refractivity contribution in [3.8, 4) is 5.75 Å². The molecule has 0 fully saturated rings. The van der Waals surface area contributed by atoms with Crippen molar-refractivity contribution in [1.82, 2.24) is 5.32 Å². The summed E-state index contributed by atoms with van der Waals surface area (Å²) in [4.78, 5) is 12.2. The fourth-order valence-electron chi connectivity index (χ4n) is 2.26. The van der Waals surface area contributed by atoms with Crippen molar-refractivity contribution >= 4 is 5.91 Å². The van der Waals surface area contributed by atoms with Gasteiger partial charge in [0.05, 0.1) is 7.11 Å². The molecule has 2 rings (SSSR count). The number of carbonyl (C=O) groups excluding carboxylic acids is 1. The van der Waals surface area contributed by atoms with Gasteiger partial charge in [-0.05, 0) is 38.3 Å². The average molecular weight is 245 g/mol. The van der Waals surface area contributed by atoms with Crippen LogP contribution in [0.25, 0.3) is 0 Å². The van der Waals surface area contributed by atoms with Crippen molar-refractivity contribution in [2.45, 2.75) is 32.2 Å². The summed E-state index contributed by atoms with van der Waals surface area (Å²) in [6.07, 6.45) is 7.48. The SMILES string of the molecule is COc1cccc(C(=O)NC2C=CCCC2)c1C. The van der Waals surface area contributed by atoms with Crippen molar-refractivity contribution in [1.29, 1.82) is 0 Å². The van der Waals surface area contributed by atoms with E-state index in [1.165, 1.54) is 0 Å². The Morgan fingerprint density at radius 1 is 1.44 bits per heavy atom. The van der Waals surface area contributed by atoms with Crippen molar-refractivity contribution < 1.29 is 9.53 Å². The number of nitrogens with one attached hydrogen (secondary N) is 1. The second-order valence-corrected chi connectivity index (χ2v) is 4.57. The summed E-state index contributed by atoms with van der Waals surface area (Å²) < 4.78 is 5.23. The maximum absolute atomic E-state index is 12.2. The number of methoxy groups -OCH3 is 1. The van der Waals surface area contributed by atoms with E-state index in [-0.39, 0.29) is 11.9 Å². The summed E-state index contributed by atoms with van der Waals surface area (Å²) in [5.74, 6) is 0.727. The first kappa shape index (κ1) is 12.7. The van der Waals surface area contributed by atoms with E-state index >= 15 is 0 Å². The van der Waals surface area contributed by atoms with Crippen LogP contribution in [0, 0.1) is 6.92 Å². The van der Waals surface area contributed by atoms with Gasteiger partial charge >= 0.3 is 0 Å². The van der Waals surface area contributed by atoms with Crippen LogP contribution >= 0.6 is 0 Å². The fraction of sp³-hybridized carbons (Fsp3) is 0.400. The molecule has 1 aliphatic carbocycles. The van der Waals surface area contributed by atoms with Crippen molar-refractivity contribution in [2.75, 3.05) is 7.11 Å². The highest BCUT2D eigenvalue weighted by atomic mass is 16.5. The van der Waals surface area contributed by atoms with Gasteiger partial charge in [0.2, 0.25) is 0 Å². The van der Waals surface area contributed by atoms with E-state index in [9.17, 15) is 4.79 Å². The molecular formula is C15H19NO2. The zero-order valence-corrected chi connectivity index (χ0v) is 10.9. The van der Waals surface area contributed by atoms with Crippen molar-refractivity contribution in [3.63, 3.8) is 0 Å². The lowest BCUT2D eigenvalue weighted by atomic mass is 10.0. The zero-order valence-electron chi connectivity index (χ0n) is 10.9. The molecule has 0 aromatic heterocycles. The van der Waals surface area contributed by atoms with Gasteiger partial charge in [-0.15, -0.1) is 0 Å². The van der Waals surface area contributed by atoms with Crippen LogP contribution in [0.4, 0.5) is 0 Å². The van der Waals surface area contributed by atoms with Gasteiger partial charge in [0.25, 0.3) is 5.91 Å². The number of hydrogen-bond donors (Lipinski definition) is 1. The molecule has 1 aromatic rings. The van der Waals surface area contributed by atoms with E-state index in [0.29, 0.717) is 5.56 Å². The smallest absolute Gasteiger partial charge is 0.252 e. The summed E-state index contributed by atoms with van der Waals surface area (Å²) in [6.45, 7) is 1.91. The van der Waals surface area contributed by atoms with Gasteiger partial charge in [-0.25, -0.2) is 0 Å². The lowest BCUT2D eigenvalue weighted by Crippen LogP contribution is -2.34. The predicted molar refractivity (Wildman–Crippen MR) is 72.0 cm³/mol. The number of carbonyl (C=O) groups is 1. The first-order valence-corrected chi connectivity index (χ1v) is 6.33. The monoisotopic (exact) mass is 245 g/mol. The topological polar surface area (TPSA) is 38.3 Å². The Morgan fingerprint density at radius 2 is 2.28 bits per heavy atom. The van der Waals surface area contributed by atoms with E-state index in [0.717, 1.165) is 30.6 Å². The van der Waals surface area contributed by atoms with E-state index in [1.54, 1.807) is 7.11 Å². The number of allylic oxidation sites excluding steroid dienone is 1. The summed E-state index contributed by atoms with van der Waals surface area (Å²) in [5, 5.41) is 3.05. The lowest BCUT2D eigenvalue weighted by molar-refractivity contribution is 0.0941. The third-order valence-electron chi connectivity index (χ3n) is 3.32. The largest absolute Gasteiger partial charge is 0.496 e. The number of benzene rings is 1. The molecule has 3 heteroatoms. The highest BCUT2D eigenvalue weighted by Crippen LogP contribution is 2.21. The Kier molecular flexibility index (Phi) is 4.03. The summed E-state index contributed by atoms with van der Waals surface area (Å²) in [7, 11) is 1.62. The molecule has 0 saturated heterocycles. The van der Waals surface area contributed by atoms with Gasteiger partial charge in [0.15, 0.2) is 0 Å². The highest BCUT2D eigenvalue weighted by Gasteiger charge is 2.16. The summed E-state index contributed by atoms with van der Waals surface area (Å²) >= 11 is 0. The normalized spacial score (nSPS) is 18.4. The molecule has 1 N–H and O–H groups in total.